The van der Waals surface area contributed by atoms with Crippen molar-refractivity contribution in [2.75, 3.05) is 13.2 Å². The van der Waals surface area contributed by atoms with E-state index in [9.17, 15) is 14.5 Å². The molecule has 0 amide bonds. The Kier molecular flexibility index (Phi) is 8.17. The number of aromatic nitrogens is 3. The van der Waals surface area contributed by atoms with Gasteiger partial charge in [-0.15, -0.1) is 10.2 Å². The van der Waals surface area contributed by atoms with Gasteiger partial charge in [0.2, 0.25) is 6.54 Å². The Morgan fingerprint density at radius 2 is 1.72 bits per heavy atom. The predicted molar refractivity (Wildman–Crippen MR) is 135 cm³/mol. The fourth-order valence-corrected chi connectivity index (χ4v) is 4.79. The molecule has 0 aliphatic carbocycles. The number of benzene rings is 3. The van der Waals surface area contributed by atoms with Gasteiger partial charge in [0.05, 0.1) is 6.61 Å². The van der Waals surface area contributed by atoms with E-state index in [4.69, 9.17) is 9.47 Å². The van der Waals surface area contributed by atoms with E-state index in [2.05, 4.69) is 10.2 Å². The first-order chi connectivity index (χ1) is 17.4. The molecule has 4 rings (SSSR count). The normalized spacial score (nSPS) is 11.8. The van der Waals surface area contributed by atoms with Crippen molar-refractivity contribution >= 4 is 11.8 Å². The number of hydrogen-bond acceptors (Lipinski definition) is 7. The molecule has 10 heteroatoms. The number of nitro groups is 1. The molecule has 4 aromatic rings. The van der Waals surface area contributed by atoms with E-state index in [1.54, 1.807) is 36.4 Å². The third-order valence-corrected chi connectivity index (χ3v) is 6.49. The average molecular weight is 509 g/mol. The highest BCUT2D eigenvalue weighted by molar-refractivity contribution is 7.99. The van der Waals surface area contributed by atoms with Crippen LogP contribution in [0.2, 0.25) is 0 Å². The molecule has 8 nitrogen and oxygen atoms in total. The summed E-state index contributed by atoms with van der Waals surface area (Å²) in [7, 11) is 0. The van der Waals surface area contributed by atoms with Gasteiger partial charge in [0.1, 0.15) is 35.0 Å². The first-order valence-corrected chi connectivity index (χ1v) is 12.2. The molecule has 1 heterocycles. The van der Waals surface area contributed by atoms with E-state index >= 15 is 0 Å². The van der Waals surface area contributed by atoms with Crippen molar-refractivity contribution in [3.05, 3.63) is 106 Å². The van der Waals surface area contributed by atoms with Crippen LogP contribution < -0.4 is 9.47 Å². The van der Waals surface area contributed by atoms with Crippen molar-refractivity contribution in [1.82, 2.24) is 14.8 Å². The third-order valence-electron chi connectivity index (χ3n) is 5.31. The van der Waals surface area contributed by atoms with Crippen LogP contribution in [0.15, 0.2) is 78.0 Å². The van der Waals surface area contributed by atoms with Crippen LogP contribution in [0.1, 0.15) is 29.1 Å². The predicted octanol–water partition coefficient (Wildman–Crippen LogP) is 5.80. The number of ether oxygens (including phenoxy) is 2. The number of thioether (sulfide) groups is 1. The topological polar surface area (TPSA) is 92.3 Å². The quantitative estimate of drug-likeness (QED) is 0.144. The Bertz CT molecular complexity index is 1310. The van der Waals surface area contributed by atoms with E-state index in [1.807, 2.05) is 42.7 Å². The Balaban J connectivity index is 1.52. The molecule has 0 fully saturated rings. The average Bonchev–Trinajstić information content (AvgIpc) is 3.23. The molecule has 1 atom stereocenters. The van der Waals surface area contributed by atoms with Gasteiger partial charge in [-0.25, -0.2) is 4.39 Å². The summed E-state index contributed by atoms with van der Waals surface area (Å²) in [4.78, 5) is 11.1. The highest BCUT2D eigenvalue weighted by Gasteiger charge is 2.24. The number of aryl methyl sites for hydroxylation is 1. The van der Waals surface area contributed by atoms with Gasteiger partial charge in [-0.05, 0) is 73.5 Å². The summed E-state index contributed by atoms with van der Waals surface area (Å²) in [5.41, 5.74) is 2.31. The van der Waals surface area contributed by atoms with Crippen LogP contribution in [0.25, 0.3) is 5.69 Å². The van der Waals surface area contributed by atoms with Gasteiger partial charge < -0.3 is 9.47 Å². The maximum absolute atomic E-state index is 13.4. The maximum atomic E-state index is 13.4. The lowest BCUT2D eigenvalue weighted by Gasteiger charge is -2.15. The highest BCUT2D eigenvalue weighted by Crippen LogP contribution is 2.36. The Labute approximate surface area is 212 Å². The van der Waals surface area contributed by atoms with Gasteiger partial charge >= 0.3 is 0 Å². The summed E-state index contributed by atoms with van der Waals surface area (Å²) in [6.45, 7) is 4.26. The van der Waals surface area contributed by atoms with E-state index in [0.717, 1.165) is 17.0 Å². The van der Waals surface area contributed by atoms with Crippen LogP contribution in [-0.2, 0) is 6.61 Å². The number of nitrogens with zero attached hydrogens (tertiary/aromatic N) is 4. The molecule has 0 saturated carbocycles. The molecule has 0 bridgehead atoms. The Morgan fingerprint density at radius 3 is 2.39 bits per heavy atom. The van der Waals surface area contributed by atoms with Crippen LogP contribution in [0.3, 0.4) is 0 Å². The highest BCUT2D eigenvalue weighted by atomic mass is 32.2. The molecule has 0 N–H and O–H groups in total. The minimum absolute atomic E-state index is 0.217. The molecule has 186 valence electrons. The van der Waals surface area contributed by atoms with Gasteiger partial charge in [-0.3, -0.25) is 14.7 Å². The van der Waals surface area contributed by atoms with Crippen LogP contribution in [-0.4, -0.2) is 32.8 Å². The Morgan fingerprint density at radius 1 is 1.03 bits per heavy atom. The van der Waals surface area contributed by atoms with Crippen LogP contribution in [0.5, 0.6) is 11.5 Å². The maximum Gasteiger partial charge on any atom is 0.220 e. The SMILES string of the molecule is CCOc1ccc(-n2c(C)nnc2S[C@H](C[N+](=O)[O-])c2ccc(OCc3cccc(F)c3)cc2)cc1. The van der Waals surface area contributed by atoms with Gasteiger partial charge in [0, 0.05) is 10.6 Å². The zero-order chi connectivity index (χ0) is 25.5. The number of rotatable bonds is 11. The molecule has 0 aliphatic rings. The first kappa shape index (κ1) is 25.2. The van der Waals surface area contributed by atoms with Gasteiger partial charge in [-0.1, -0.05) is 36.0 Å². The van der Waals surface area contributed by atoms with Gasteiger partial charge in [0.15, 0.2) is 5.16 Å². The summed E-state index contributed by atoms with van der Waals surface area (Å²) in [5.74, 6) is 1.69. The molecule has 36 heavy (non-hydrogen) atoms. The van der Waals surface area contributed by atoms with Crippen molar-refractivity contribution < 1.29 is 18.8 Å². The summed E-state index contributed by atoms with van der Waals surface area (Å²) >= 11 is 1.28. The van der Waals surface area contributed by atoms with Gasteiger partial charge in [0.25, 0.3) is 0 Å². The van der Waals surface area contributed by atoms with Gasteiger partial charge in [-0.2, -0.15) is 0 Å². The molecule has 0 spiro atoms. The summed E-state index contributed by atoms with van der Waals surface area (Å²) in [5, 5.41) is 20.0. The number of halogens is 1. The summed E-state index contributed by atoms with van der Waals surface area (Å²) in [6, 6.07) is 20.8. The van der Waals surface area contributed by atoms with E-state index < -0.39 is 5.25 Å². The van der Waals surface area contributed by atoms with E-state index in [1.165, 1.54) is 23.9 Å². The first-order valence-electron chi connectivity index (χ1n) is 11.3. The molecule has 1 aromatic heterocycles. The zero-order valence-electron chi connectivity index (χ0n) is 19.8. The molecule has 0 radical (unpaired) electrons. The van der Waals surface area contributed by atoms with Crippen molar-refractivity contribution in [2.45, 2.75) is 30.9 Å². The van der Waals surface area contributed by atoms with Crippen LogP contribution in [0, 0.1) is 22.9 Å². The Hall–Kier alpha value is -3.92. The second-order valence-electron chi connectivity index (χ2n) is 7.90. The minimum atomic E-state index is -0.498. The van der Waals surface area contributed by atoms with Crippen LogP contribution >= 0.6 is 11.8 Å². The molecule has 0 aliphatic heterocycles. The lowest BCUT2D eigenvalue weighted by molar-refractivity contribution is -0.479. The summed E-state index contributed by atoms with van der Waals surface area (Å²) < 4.78 is 26.5. The van der Waals surface area contributed by atoms with Crippen molar-refractivity contribution in [1.29, 1.82) is 0 Å². The largest absolute Gasteiger partial charge is 0.494 e. The zero-order valence-corrected chi connectivity index (χ0v) is 20.7. The van der Waals surface area contributed by atoms with E-state index in [-0.39, 0.29) is 23.9 Å². The second kappa shape index (κ2) is 11.7. The van der Waals surface area contributed by atoms with Crippen molar-refractivity contribution in [3.8, 4) is 17.2 Å². The fourth-order valence-electron chi connectivity index (χ4n) is 3.62. The minimum Gasteiger partial charge on any atom is -0.494 e. The monoisotopic (exact) mass is 508 g/mol. The number of hydrogen-bond donors (Lipinski definition) is 0. The third kappa shape index (κ3) is 6.39. The standard InChI is InChI=1S/C26H25FN4O4S/c1-3-34-23-13-9-22(10-14-23)31-18(2)28-29-26(31)36-25(16-30(32)33)20-7-11-24(12-8-20)35-17-19-5-4-6-21(27)15-19/h4-15,25H,3,16-17H2,1-2H3/t25-/m1/s1. The molecule has 3 aromatic carbocycles. The smallest absolute Gasteiger partial charge is 0.220 e. The van der Waals surface area contributed by atoms with E-state index in [0.29, 0.717) is 28.9 Å². The fraction of sp³-hybridized carbons (Fsp3) is 0.231. The van der Waals surface area contributed by atoms with Crippen molar-refractivity contribution in [2.24, 2.45) is 0 Å². The molecular weight excluding hydrogens is 483 g/mol. The lowest BCUT2D eigenvalue weighted by atomic mass is 10.1. The molecule has 0 saturated heterocycles. The molecule has 0 unspecified atom stereocenters. The molecular formula is C26H25FN4O4S. The van der Waals surface area contributed by atoms with Crippen molar-refractivity contribution in [3.63, 3.8) is 0 Å². The lowest BCUT2D eigenvalue weighted by Crippen LogP contribution is -2.11. The second-order valence-corrected chi connectivity index (χ2v) is 9.07. The summed E-state index contributed by atoms with van der Waals surface area (Å²) in [6.07, 6.45) is 0. The van der Waals surface area contributed by atoms with Crippen LogP contribution in [0.4, 0.5) is 4.39 Å².